The Morgan fingerprint density at radius 3 is 2.31 bits per heavy atom. The maximum absolute atomic E-state index is 14.5. The monoisotopic (exact) mass is 728 g/mol. The van der Waals surface area contributed by atoms with Gasteiger partial charge in [0.2, 0.25) is 27.6 Å². The molecule has 0 spiro atoms. The number of urea groups is 1. The number of fused-ring (bicyclic) bond motifs is 2. The molecule has 1 aromatic rings. The third-order valence-electron chi connectivity index (χ3n) is 11.1. The van der Waals surface area contributed by atoms with Crippen LogP contribution in [0.5, 0.6) is 0 Å². The molecular formula is C37H56N6O7S. The van der Waals surface area contributed by atoms with Crippen molar-refractivity contribution in [3.63, 3.8) is 0 Å². The van der Waals surface area contributed by atoms with Crippen molar-refractivity contribution < 1.29 is 32.4 Å². The summed E-state index contributed by atoms with van der Waals surface area (Å²) in [5.41, 5.74) is 0.190. The number of rotatable bonds is 14. The first-order valence-electron chi connectivity index (χ1n) is 18.7. The molecule has 3 fully saturated rings. The molecule has 51 heavy (non-hydrogen) atoms. The predicted molar refractivity (Wildman–Crippen MR) is 192 cm³/mol. The fourth-order valence-electron chi connectivity index (χ4n) is 7.94. The number of hydrogen-bond acceptors (Lipinski definition) is 7. The van der Waals surface area contributed by atoms with Crippen LogP contribution in [0.1, 0.15) is 98.0 Å². The number of ketones is 1. The van der Waals surface area contributed by atoms with Gasteiger partial charge in [-0.25, -0.2) is 13.2 Å². The summed E-state index contributed by atoms with van der Waals surface area (Å²) in [6.07, 6.45) is 6.93. The molecule has 13 nitrogen and oxygen atoms in total. The molecule has 5 rings (SSSR count). The fourth-order valence-corrected chi connectivity index (χ4v) is 9.59. The molecule has 0 radical (unpaired) electrons. The van der Waals surface area contributed by atoms with Gasteiger partial charge in [-0.3, -0.25) is 19.2 Å². The number of piperidine rings is 1. The Morgan fingerprint density at radius 2 is 1.67 bits per heavy atom. The third kappa shape index (κ3) is 8.76. The largest absolute Gasteiger partial charge is 0.350 e. The van der Waals surface area contributed by atoms with Crippen molar-refractivity contribution in [2.24, 2.45) is 23.2 Å². The Bertz CT molecular complexity index is 1590. The van der Waals surface area contributed by atoms with E-state index in [1.165, 1.54) is 4.31 Å². The van der Waals surface area contributed by atoms with E-state index in [1.54, 1.807) is 30.0 Å². The molecule has 4 aliphatic rings. The summed E-state index contributed by atoms with van der Waals surface area (Å²) in [6.45, 7) is 10.4. The molecule has 2 saturated carbocycles. The van der Waals surface area contributed by atoms with E-state index in [9.17, 15) is 32.4 Å². The van der Waals surface area contributed by atoms with Crippen LogP contribution in [0.4, 0.5) is 4.79 Å². The van der Waals surface area contributed by atoms with Gasteiger partial charge in [-0.15, -0.1) is 0 Å². The quantitative estimate of drug-likeness (QED) is 0.213. The van der Waals surface area contributed by atoms with Gasteiger partial charge in [0.25, 0.3) is 5.91 Å². The van der Waals surface area contributed by atoms with Crippen LogP contribution < -0.4 is 21.3 Å². The van der Waals surface area contributed by atoms with Gasteiger partial charge in [0.15, 0.2) is 0 Å². The van der Waals surface area contributed by atoms with E-state index in [2.05, 4.69) is 21.3 Å². The number of Topliss-reactive ketones (excluding diaryl/α,β-unsaturated/α-hetero) is 1. The summed E-state index contributed by atoms with van der Waals surface area (Å²) in [5.74, 6) is -2.21. The topological polar surface area (TPSA) is 174 Å². The van der Waals surface area contributed by atoms with Crippen molar-refractivity contribution in [3.05, 3.63) is 29.8 Å². The predicted octanol–water partition coefficient (Wildman–Crippen LogP) is 3.08. The molecule has 2 heterocycles. The van der Waals surface area contributed by atoms with Crippen molar-refractivity contribution >= 4 is 39.6 Å². The van der Waals surface area contributed by atoms with Gasteiger partial charge in [-0.05, 0) is 67.4 Å². The Labute approximate surface area is 302 Å². The molecule has 6 atom stereocenters. The molecule has 1 aromatic carbocycles. The van der Waals surface area contributed by atoms with Gasteiger partial charge >= 0.3 is 6.03 Å². The number of hydrogen-bond donors (Lipinski definition) is 4. The number of unbranched alkanes of at least 4 members (excludes halogenated alkanes) is 1. The maximum Gasteiger partial charge on any atom is 0.315 e. The molecule has 2 aliphatic heterocycles. The molecule has 5 amide bonds. The van der Waals surface area contributed by atoms with E-state index in [0.29, 0.717) is 31.5 Å². The average molecular weight is 729 g/mol. The summed E-state index contributed by atoms with van der Waals surface area (Å²) < 4.78 is 28.1. The Balaban J connectivity index is 1.32. The van der Waals surface area contributed by atoms with Crippen LogP contribution in [0.15, 0.2) is 29.2 Å². The number of nitrogens with zero attached hydrogens (tertiary/aromatic N) is 2. The number of carbonyl (C=O) groups excluding carboxylic acids is 5. The number of likely N-dealkylation sites (N-methyl/N-ethyl adjacent to an activating group) is 1. The lowest BCUT2D eigenvalue weighted by atomic mass is 9.83. The first-order chi connectivity index (χ1) is 24.2. The van der Waals surface area contributed by atoms with E-state index in [1.807, 2.05) is 33.8 Å². The van der Waals surface area contributed by atoms with Gasteiger partial charge in [0.05, 0.1) is 10.9 Å². The van der Waals surface area contributed by atoms with E-state index >= 15 is 0 Å². The van der Waals surface area contributed by atoms with Crippen molar-refractivity contribution in [2.75, 3.05) is 19.6 Å². The van der Waals surface area contributed by atoms with E-state index in [-0.39, 0.29) is 41.6 Å². The van der Waals surface area contributed by atoms with Gasteiger partial charge in [0, 0.05) is 32.2 Å². The van der Waals surface area contributed by atoms with E-state index in [0.717, 1.165) is 44.9 Å². The minimum atomic E-state index is -3.73. The number of nitrogens with one attached hydrogen (secondary N) is 4. The first kappa shape index (κ1) is 38.7. The number of carbonyl (C=O) groups is 5. The molecule has 2 unspecified atom stereocenters. The smallest absolute Gasteiger partial charge is 0.315 e. The van der Waals surface area contributed by atoms with Gasteiger partial charge < -0.3 is 26.2 Å². The standard InChI is InChI=1S/C37H56N6O7S/c1-6-8-17-27(32(44)34(46)38-7-2)39-33(45)31-26-19-25(26)21-43(31)35(47)30(23-14-10-9-11-15-23)41-36(48)40-29(37(3,4)5)22-42-20-24-16-12-13-18-28(24)51(42,49)50/h12-13,16,18,23,25-27,29-31H,6-11,14-15,17,19-22H2,1-5H3,(H,38,46)(H,39,45)(H2,40,41,48)/t25-,26?,27?,29+,30-,31-/m0/s1. The fraction of sp³-hybridized carbons (Fsp3) is 0.703. The maximum atomic E-state index is 14.5. The molecule has 2 aliphatic carbocycles. The van der Waals surface area contributed by atoms with Crippen molar-refractivity contribution in [2.45, 2.75) is 128 Å². The zero-order chi connectivity index (χ0) is 37.1. The SMILES string of the molecule is CCCCC(NC(=O)[C@@H]1C2C[C@H]2CN1C(=O)[C@@H](NC(=O)N[C@H](CN1Cc2ccccc2S1(=O)=O)C(C)(C)C)C1CCCCC1)C(=O)C(=O)NCC. The first-order valence-corrected chi connectivity index (χ1v) is 20.2. The van der Waals surface area contributed by atoms with Crippen LogP contribution in [0, 0.1) is 23.2 Å². The highest BCUT2D eigenvalue weighted by molar-refractivity contribution is 7.89. The van der Waals surface area contributed by atoms with Crippen LogP contribution in [-0.2, 0) is 35.7 Å². The summed E-state index contributed by atoms with van der Waals surface area (Å²) in [5, 5.41) is 11.4. The van der Waals surface area contributed by atoms with Gasteiger partial charge in [0.1, 0.15) is 12.1 Å². The Hall–Kier alpha value is -3.52. The lowest BCUT2D eigenvalue weighted by Gasteiger charge is -2.37. The highest BCUT2D eigenvalue weighted by Crippen LogP contribution is 2.50. The van der Waals surface area contributed by atoms with Gasteiger partial charge in [-0.1, -0.05) is 78.0 Å². The Kier molecular flexibility index (Phi) is 12.2. The summed E-state index contributed by atoms with van der Waals surface area (Å²) in [7, 11) is -3.73. The minimum Gasteiger partial charge on any atom is -0.350 e. The van der Waals surface area contributed by atoms with Crippen LogP contribution in [0.25, 0.3) is 0 Å². The van der Waals surface area contributed by atoms with Crippen molar-refractivity contribution in [1.29, 1.82) is 0 Å². The van der Waals surface area contributed by atoms with Gasteiger partial charge in [-0.2, -0.15) is 4.31 Å². The van der Waals surface area contributed by atoms with Crippen molar-refractivity contribution in [1.82, 2.24) is 30.5 Å². The molecular weight excluding hydrogens is 673 g/mol. The molecule has 0 aromatic heterocycles. The molecule has 1 saturated heterocycles. The lowest BCUT2D eigenvalue weighted by Crippen LogP contribution is -2.61. The average Bonchev–Trinajstić information content (AvgIpc) is 3.67. The van der Waals surface area contributed by atoms with Crippen LogP contribution >= 0.6 is 0 Å². The normalized spacial score (nSPS) is 24.4. The summed E-state index contributed by atoms with van der Waals surface area (Å²) in [6, 6.07) is 3.08. The zero-order valence-electron chi connectivity index (χ0n) is 30.7. The minimum absolute atomic E-state index is 0.0435. The highest BCUT2D eigenvalue weighted by atomic mass is 32.2. The third-order valence-corrected chi connectivity index (χ3v) is 13.0. The molecule has 4 N–H and O–H groups in total. The zero-order valence-corrected chi connectivity index (χ0v) is 31.5. The molecule has 282 valence electrons. The number of benzene rings is 1. The number of amides is 5. The molecule has 14 heteroatoms. The molecule has 0 bridgehead atoms. The Morgan fingerprint density at radius 1 is 0.961 bits per heavy atom. The lowest BCUT2D eigenvalue weighted by molar-refractivity contribution is -0.144. The van der Waals surface area contributed by atoms with Crippen molar-refractivity contribution in [3.8, 4) is 0 Å². The second-order valence-corrected chi connectivity index (χ2v) is 17.7. The summed E-state index contributed by atoms with van der Waals surface area (Å²) in [4.78, 5) is 69.5. The van der Waals surface area contributed by atoms with Crippen LogP contribution in [0.2, 0.25) is 0 Å². The number of sulfonamides is 1. The van der Waals surface area contributed by atoms with E-state index < -0.39 is 63.2 Å². The van der Waals surface area contributed by atoms with Crippen LogP contribution in [-0.4, -0.2) is 91.0 Å². The summed E-state index contributed by atoms with van der Waals surface area (Å²) >= 11 is 0. The second-order valence-electron chi connectivity index (χ2n) is 15.8. The second kappa shape index (κ2) is 16.0. The van der Waals surface area contributed by atoms with Crippen LogP contribution in [0.3, 0.4) is 0 Å². The number of likely N-dealkylation sites (tertiary alicyclic amines) is 1. The van der Waals surface area contributed by atoms with E-state index in [4.69, 9.17) is 0 Å². The highest BCUT2D eigenvalue weighted by Gasteiger charge is 2.58.